The maximum atomic E-state index is 14.8. The van der Waals surface area contributed by atoms with Gasteiger partial charge in [0.1, 0.15) is 58.8 Å². The summed E-state index contributed by atoms with van der Waals surface area (Å²) in [5.41, 5.74) is -6.94. The molecule has 57 heavy (non-hydrogen) atoms. The van der Waals surface area contributed by atoms with Gasteiger partial charge in [-0.25, -0.2) is 0 Å². The maximum Gasteiger partial charge on any atom is 0.316 e. The van der Waals surface area contributed by atoms with Crippen molar-refractivity contribution < 1.29 is 82.9 Å². The number of ether oxygens (including phenoxy) is 8. The molecule has 0 radical (unpaired) electrons. The van der Waals surface area contributed by atoms with E-state index in [9.17, 15) is 45.0 Å². The second-order valence-electron chi connectivity index (χ2n) is 15.9. The molecule has 2 aromatic rings. The number of benzene rings is 2. The molecule has 5 aliphatic rings. The number of fused-ring (bicyclic) bond motifs is 8. The van der Waals surface area contributed by atoms with Crippen LogP contribution in [0.2, 0.25) is 0 Å². The number of methoxy groups -OCH3 is 4. The van der Waals surface area contributed by atoms with Crippen LogP contribution in [0.15, 0.2) is 12.1 Å². The standard InChI is InChI=1S/C39H49NO17/c1-14-32(50-6)39(4,53-9)33(51-7)36(54-14)55-19-12-37(2,49)24(34(48)52-8)15-10-16-21(27(44)20(15)19)28(45)22-18(42)11-17-30(23(22)26(16)43)56-35-29(46)25(40(5)13-41)31(47)38(17,3)57-35/h10-11,14,19,24-25,29,31-33,35-36,41-42,44,46-47,49H,12-13H2,1-9H3. The van der Waals surface area contributed by atoms with E-state index in [1.165, 1.54) is 53.2 Å². The van der Waals surface area contributed by atoms with Gasteiger partial charge in [0, 0.05) is 44.4 Å². The fourth-order valence-electron chi connectivity index (χ4n) is 9.69. The number of hydrogen-bond acceptors (Lipinski definition) is 18. The van der Waals surface area contributed by atoms with Crippen molar-refractivity contribution in [2.45, 2.75) is 112 Å². The van der Waals surface area contributed by atoms with Gasteiger partial charge in [0.05, 0.1) is 54.4 Å². The van der Waals surface area contributed by atoms with Crippen molar-refractivity contribution >= 4 is 17.5 Å². The fourth-order valence-corrected chi connectivity index (χ4v) is 9.69. The molecule has 2 aliphatic carbocycles. The number of aromatic hydroxyl groups is 2. The Morgan fingerprint density at radius 2 is 1.65 bits per heavy atom. The van der Waals surface area contributed by atoms with Crippen LogP contribution in [0.5, 0.6) is 17.2 Å². The molecule has 312 valence electrons. The highest BCUT2D eigenvalue weighted by Gasteiger charge is 2.61. The number of ketones is 2. The van der Waals surface area contributed by atoms with Gasteiger partial charge >= 0.3 is 5.97 Å². The van der Waals surface area contributed by atoms with Crippen molar-refractivity contribution in [1.29, 1.82) is 0 Å². The van der Waals surface area contributed by atoms with Gasteiger partial charge in [0.15, 0.2) is 12.1 Å². The van der Waals surface area contributed by atoms with Gasteiger partial charge in [-0.1, -0.05) is 0 Å². The van der Waals surface area contributed by atoms with Gasteiger partial charge in [-0.15, -0.1) is 0 Å². The second-order valence-corrected chi connectivity index (χ2v) is 15.9. The molecule has 7 rings (SSSR count). The first-order chi connectivity index (χ1) is 26.8. The molecule has 2 bridgehead atoms. The second kappa shape index (κ2) is 14.2. The highest BCUT2D eigenvalue weighted by atomic mass is 16.7. The third-order valence-corrected chi connectivity index (χ3v) is 12.6. The number of aliphatic hydroxyl groups is 4. The molecular formula is C39H49NO17. The predicted molar refractivity (Wildman–Crippen MR) is 192 cm³/mol. The zero-order valence-corrected chi connectivity index (χ0v) is 33.0. The van der Waals surface area contributed by atoms with Gasteiger partial charge < -0.3 is 68.5 Å². The summed E-state index contributed by atoms with van der Waals surface area (Å²) in [6, 6.07) is 1.19. The van der Waals surface area contributed by atoms with E-state index in [1.54, 1.807) is 13.8 Å². The van der Waals surface area contributed by atoms with E-state index < -0.39 is 136 Å². The molecule has 18 nitrogen and oxygen atoms in total. The molecule has 0 amide bonds. The average Bonchev–Trinajstić information content (AvgIpc) is 3.15. The molecule has 2 aromatic carbocycles. The van der Waals surface area contributed by atoms with E-state index in [4.69, 9.17) is 37.9 Å². The number of phenolic OH excluding ortho intramolecular Hbond substituents is 2. The highest BCUT2D eigenvalue weighted by molar-refractivity contribution is 6.31. The Kier molecular flexibility index (Phi) is 10.3. The van der Waals surface area contributed by atoms with E-state index in [1.807, 2.05) is 0 Å². The number of phenols is 2. The molecule has 18 heteroatoms. The van der Waals surface area contributed by atoms with Crippen LogP contribution in [-0.4, -0.2) is 156 Å². The number of hydrogen-bond donors (Lipinski definition) is 6. The predicted octanol–water partition coefficient (Wildman–Crippen LogP) is 0.458. The summed E-state index contributed by atoms with van der Waals surface area (Å²) in [6.07, 6.45) is -9.66. The minimum atomic E-state index is -1.93. The first kappa shape index (κ1) is 41.4. The monoisotopic (exact) mass is 803 g/mol. The molecule has 6 N–H and O–H groups in total. The number of rotatable bonds is 8. The number of carbonyl (C=O) groups excluding carboxylic acids is 3. The summed E-state index contributed by atoms with van der Waals surface area (Å²) in [5, 5.41) is 68.2. The first-order valence-electron chi connectivity index (χ1n) is 18.4. The number of aliphatic hydroxyl groups excluding tert-OH is 3. The molecular weight excluding hydrogens is 754 g/mol. The minimum Gasteiger partial charge on any atom is -0.507 e. The molecule has 3 heterocycles. The van der Waals surface area contributed by atoms with Crippen LogP contribution in [0.1, 0.15) is 94.7 Å². The van der Waals surface area contributed by atoms with Crippen LogP contribution in [0, 0.1) is 0 Å². The van der Waals surface area contributed by atoms with Crippen molar-refractivity contribution in [2.75, 3.05) is 42.2 Å². The third-order valence-electron chi connectivity index (χ3n) is 12.6. The van der Waals surface area contributed by atoms with Crippen LogP contribution >= 0.6 is 0 Å². The van der Waals surface area contributed by atoms with E-state index in [-0.39, 0.29) is 28.9 Å². The van der Waals surface area contributed by atoms with Crippen LogP contribution in [0.3, 0.4) is 0 Å². The van der Waals surface area contributed by atoms with Crippen molar-refractivity contribution in [3.63, 3.8) is 0 Å². The number of nitrogens with zero attached hydrogens (tertiary/aromatic N) is 1. The Hall–Kier alpha value is -3.79. The van der Waals surface area contributed by atoms with Gasteiger partial charge in [0.2, 0.25) is 12.1 Å². The summed E-state index contributed by atoms with van der Waals surface area (Å²) in [5.74, 6) is -6.08. The van der Waals surface area contributed by atoms with Crippen molar-refractivity contribution in [3.05, 3.63) is 51.1 Å². The lowest BCUT2D eigenvalue weighted by Gasteiger charge is -2.54. The normalized spacial score (nSPS) is 38.1. The summed E-state index contributed by atoms with van der Waals surface area (Å²) < 4.78 is 47.2. The van der Waals surface area contributed by atoms with E-state index in [0.29, 0.717) is 0 Å². The van der Waals surface area contributed by atoms with Crippen LogP contribution < -0.4 is 4.74 Å². The van der Waals surface area contributed by atoms with E-state index >= 15 is 0 Å². The Bertz CT molecular complexity index is 2000. The SMILES string of the molecule is COC(=O)C1c2cc3c(c(O)c2C(OC2OC(C)C(OC)C(C)(OC)C2OC)CC1(C)O)C(=O)c1c(O)cc2c(c1C3=O)OC1OC2(C)C(O)C(N(C)CO)C1O. The largest absolute Gasteiger partial charge is 0.507 e. The van der Waals surface area contributed by atoms with Crippen LogP contribution in [0.4, 0.5) is 0 Å². The lowest BCUT2D eigenvalue weighted by atomic mass is 9.68. The van der Waals surface area contributed by atoms with Crippen LogP contribution in [-0.2, 0) is 43.6 Å². The molecule has 2 fully saturated rings. The van der Waals surface area contributed by atoms with Crippen molar-refractivity contribution in [3.8, 4) is 17.2 Å². The Labute approximate surface area is 327 Å². The topological polar surface area (TPSA) is 250 Å². The molecule has 0 saturated carbocycles. The number of likely N-dealkylation sites (N-methyl/N-ethyl adjacent to an activating group) is 1. The number of carbonyl (C=O) groups is 3. The third kappa shape index (κ3) is 5.76. The fraction of sp³-hybridized carbons (Fsp3) is 0.615. The Morgan fingerprint density at radius 3 is 2.25 bits per heavy atom. The number of esters is 1. The van der Waals surface area contributed by atoms with Gasteiger partial charge in [-0.2, -0.15) is 0 Å². The quantitative estimate of drug-likeness (QED) is 0.134. The van der Waals surface area contributed by atoms with Gasteiger partial charge in [-0.05, 0) is 52.4 Å². The summed E-state index contributed by atoms with van der Waals surface area (Å²) in [7, 11) is 6.95. The maximum absolute atomic E-state index is 14.8. The van der Waals surface area contributed by atoms with Crippen molar-refractivity contribution in [1.82, 2.24) is 4.90 Å². The molecule has 13 atom stereocenters. The highest BCUT2D eigenvalue weighted by Crippen LogP contribution is 2.56. The van der Waals surface area contributed by atoms with Gasteiger partial charge in [-0.3, -0.25) is 19.3 Å². The summed E-state index contributed by atoms with van der Waals surface area (Å²) in [4.78, 5) is 44.1. The van der Waals surface area contributed by atoms with E-state index in [2.05, 4.69) is 0 Å². The smallest absolute Gasteiger partial charge is 0.316 e. The Morgan fingerprint density at radius 1 is 0.982 bits per heavy atom. The lowest BCUT2D eigenvalue weighted by molar-refractivity contribution is -0.345. The van der Waals surface area contributed by atoms with Crippen LogP contribution in [0.25, 0.3) is 0 Å². The minimum absolute atomic E-state index is 0.0328. The molecule has 0 aromatic heterocycles. The van der Waals surface area contributed by atoms with E-state index in [0.717, 1.165) is 13.2 Å². The lowest BCUT2D eigenvalue weighted by Crippen LogP contribution is -2.69. The molecule has 13 unspecified atom stereocenters. The zero-order chi connectivity index (χ0) is 41.8. The first-order valence-corrected chi connectivity index (χ1v) is 18.4. The average molecular weight is 804 g/mol. The van der Waals surface area contributed by atoms with Gasteiger partial charge in [0.25, 0.3) is 0 Å². The summed E-state index contributed by atoms with van der Waals surface area (Å²) >= 11 is 0. The zero-order valence-electron chi connectivity index (χ0n) is 33.0. The molecule has 2 saturated heterocycles. The molecule has 0 spiro atoms. The summed E-state index contributed by atoms with van der Waals surface area (Å²) in [6.45, 7) is 5.76. The Balaban J connectivity index is 1.40. The van der Waals surface area contributed by atoms with Crippen molar-refractivity contribution in [2.24, 2.45) is 0 Å². The molecule has 3 aliphatic heterocycles.